The van der Waals surface area contributed by atoms with Crippen molar-refractivity contribution in [3.05, 3.63) is 81.5 Å². The third-order valence-electron chi connectivity index (χ3n) is 4.93. The summed E-state index contributed by atoms with van der Waals surface area (Å²) in [5.41, 5.74) is 1.95. The van der Waals surface area contributed by atoms with E-state index < -0.39 is 24.0 Å². The molecule has 34 heavy (non-hydrogen) atoms. The Hall–Kier alpha value is -3.85. The molecule has 10 heteroatoms. The molecule has 0 radical (unpaired) electrons. The van der Waals surface area contributed by atoms with Gasteiger partial charge >= 0.3 is 18.0 Å². The van der Waals surface area contributed by atoms with Crippen LogP contribution in [0.5, 0.6) is 0 Å². The van der Waals surface area contributed by atoms with Crippen molar-refractivity contribution in [1.29, 1.82) is 0 Å². The minimum absolute atomic E-state index is 0.123. The van der Waals surface area contributed by atoms with Gasteiger partial charge in [0, 0.05) is 18.5 Å². The van der Waals surface area contributed by atoms with Crippen LogP contribution in [-0.2, 0) is 25.6 Å². The van der Waals surface area contributed by atoms with E-state index in [-0.39, 0.29) is 36.0 Å². The molecular weight excluding hydrogens is 462 g/mol. The van der Waals surface area contributed by atoms with E-state index in [1.807, 2.05) is 0 Å². The van der Waals surface area contributed by atoms with Crippen LogP contribution < -0.4 is 16.0 Å². The van der Waals surface area contributed by atoms with Gasteiger partial charge in [0.15, 0.2) is 0 Å². The van der Waals surface area contributed by atoms with Crippen molar-refractivity contribution in [3.8, 4) is 0 Å². The van der Waals surface area contributed by atoms with E-state index in [2.05, 4.69) is 16.0 Å². The first-order valence-corrected chi connectivity index (χ1v) is 10.9. The number of urea groups is 1. The molecule has 1 unspecified atom stereocenters. The van der Waals surface area contributed by atoms with Crippen LogP contribution in [0.4, 0.5) is 4.79 Å². The average Bonchev–Trinajstić information content (AvgIpc) is 2.81. The van der Waals surface area contributed by atoms with Gasteiger partial charge in [0.25, 0.3) is 0 Å². The Kier molecular flexibility index (Phi) is 8.26. The third kappa shape index (κ3) is 6.35. The number of carbonyl (C=O) groups excluding carboxylic acids is 4. The van der Waals surface area contributed by atoms with Crippen LogP contribution in [0.2, 0.25) is 5.02 Å². The van der Waals surface area contributed by atoms with Gasteiger partial charge in [0.1, 0.15) is 6.61 Å². The second-order valence-corrected chi connectivity index (χ2v) is 7.81. The summed E-state index contributed by atoms with van der Waals surface area (Å²) in [5.74, 6) is -1.45. The molecule has 178 valence electrons. The number of amides is 3. The number of halogens is 1. The van der Waals surface area contributed by atoms with E-state index >= 15 is 0 Å². The summed E-state index contributed by atoms with van der Waals surface area (Å²) >= 11 is 5.96. The van der Waals surface area contributed by atoms with E-state index in [9.17, 15) is 19.2 Å². The van der Waals surface area contributed by atoms with Crippen LogP contribution in [0.3, 0.4) is 0 Å². The summed E-state index contributed by atoms with van der Waals surface area (Å²) in [7, 11) is 0. The number of esters is 2. The molecule has 0 spiro atoms. The van der Waals surface area contributed by atoms with Gasteiger partial charge in [-0.05, 0) is 42.3 Å². The van der Waals surface area contributed by atoms with Crippen LogP contribution in [0.1, 0.15) is 41.4 Å². The molecule has 1 heterocycles. The summed E-state index contributed by atoms with van der Waals surface area (Å²) in [6.45, 7) is 3.20. The van der Waals surface area contributed by atoms with Crippen molar-refractivity contribution in [3.63, 3.8) is 0 Å². The molecule has 0 saturated carbocycles. The number of benzene rings is 2. The third-order valence-corrected chi connectivity index (χ3v) is 5.18. The van der Waals surface area contributed by atoms with E-state index in [1.165, 1.54) is 6.92 Å². The first kappa shape index (κ1) is 24.8. The molecule has 2 aromatic rings. The number of hydrogen-bond donors (Lipinski definition) is 3. The largest absolute Gasteiger partial charge is 0.463 e. The van der Waals surface area contributed by atoms with E-state index in [4.69, 9.17) is 21.1 Å². The topological polar surface area (TPSA) is 123 Å². The molecule has 0 aromatic heterocycles. The van der Waals surface area contributed by atoms with E-state index in [0.717, 1.165) is 5.56 Å². The Bertz CT molecular complexity index is 1110. The molecule has 0 saturated heterocycles. The number of hydrogen-bond acceptors (Lipinski definition) is 6. The number of nitrogens with one attached hydrogen (secondary N) is 3. The first-order valence-electron chi connectivity index (χ1n) is 10.5. The highest BCUT2D eigenvalue weighted by atomic mass is 35.5. The maximum absolute atomic E-state index is 12.8. The van der Waals surface area contributed by atoms with Crippen molar-refractivity contribution >= 4 is 35.5 Å². The predicted octanol–water partition coefficient (Wildman–Crippen LogP) is 3.00. The van der Waals surface area contributed by atoms with Crippen LogP contribution in [0.25, 0.3) is 0 Å². The molecule has 2 aromatic carbocycles. The first-order chi connectivity index (χ1) is 16.3. The minimum atomic E-state index is -0.813. The lowest BCUT2D eigenvalue weighted by atomic mass is 9.95. The Morgan fingerprint density at radius 2 is 1.68 bits per heavy atom. The van der Waals surface area contributed by atoms with Crippen molar-refractivity contribution in [2.24, 2.45) is 0 Å². The van der Waals surface area contributed by atoms with Gasteiger partial charge < -0.3 is 25.4 Å². The second-order valence-electron chi connectivity index (χ2n) is 7.38. The fourth-order valence-electron chi connectivity index (χ4n) is 3.29. The summed E-state index contributed by atoms with van der Waals surface area (Å²) in [6.07, 6.45) is 0. The van der Waals surface area contributed by atoms with Crippen LogP contribution >= 0.6 is 11.6 Å². The van der Waals surface area contributed by atoms with Gasteiger partial charge in [0.2, 0.25) is 5.91 Å². The number of rotatable bonds is 8. The van der Waals surface area contributed by atoms with Crippen molar-refractivity contribution in [2.45, 2.75) is 26.4 Å². The monoisotopic (exact) mass is 485 g/mol. The molecule has 1 aliphatic rings. The lowest BCUT2D eigenvalue weighted by molar-refractivity contribution is -0.139. The van der Waals surface area contributed by atoms with Crippen molar-refractivity contribution in [2.75, 3.05) is 13.2 Å². The highest BCUT2D eigenvalue weighted by molar-refractivity contribution is 6.30. The molecular formula is C24H24ClN3O6. The van der Waals surface area contributed by atoms with Gasteiger partial charge in [0.05, 0.1) is 29.5 Å². The summed E-state index contributed by atoms with van der Waals surface area (Å²) in [5, 5.41) is 8.41. The Balaban J connectivity index is 1.81. The van der Waals surface area contributed by atoms with Crippen molar-refractivity contribution < 1.29 is 28.7 Å². The number of ether oxygens (including phenoxy) is 2. The standard InChI is InChI=1S/C24H24ClN3O6/c1-3-33-23(31)20-19(27-24(32)28-21(20)16-8-10-18(25)11-9-16)13-34-22(30)17-6-4-15(5-7-17)12-26-14(2)29/h4-11,21H,3,12-13H2,1-2H3,(H,26,29)(H2,27,28,32). The van der Waals surface area contributed by atoms with Crippen LogP contribution in [-0.4, -0.2) is 37.1 Å². The SMILES string of the molecule is CCOC(=O)C1=C(COC(=O)c2ccc(CNC(C)=O)cc2)NC(=O)NC1c1ccc(Cl)cc1. The lowest BCUT2D eigenvalue weighted by Crippen LogP contribution is -2.47. The maximum atomic E-state index is 12.8. The quantitative estimate of drug-likeness (QED) is 0.494. The van der Waals surface area contributed by atoms with Crippen LogP contribution in [0.15, 0.2) is 59.8 Å². The summed E-state index contributed by atoms with van der Waals surface area (Å²) in [6, 6.07) is 11.8. The van der Waals surface area contributed by atoms with Gasteiger partial charge in [-0.3, -0.25) is 4.79 Å². The fraction of sp³-hybridized carbons (Fsp3) is 0.250. The van der Waals surface area contributed by atoms with Gasteiger partial charge in [-0.2, -0.15) is 0 Å². The molecule has 3 rings (SSSR count). The highest BCUT2D eigenvalue weighted by Crippen LogP contribution is 2.29. The summed E-state index contributed by atoms with van der Waals surface area (Å²) in [4.78, 5) is 48.7. The Morgan fingerprint density at radius 3 is 2.29 bits per heavy atom. The molecule has 3 amide bonds. The zero-order valence-electron chi connectivity index (χ0n) is 18.6. The molecule has 0 fully saturated rings. The zero-order chi connectivity index (χ0) is 24.7. The normalized spacial score (nSPS) is 15.1. The number of carbonyl (C=O) groups is 4. The minimum Gasteiger partial charge on any atom is -0.463 e. The fourth-order valence-corrected chi connectivity index (χ4v) is 3.42. The molecule has 9 nitrogen and oxygen atoms in total. The molecule has 0 aliphatic carbocycles. The smallest absolute Gasteiger partial charge is 0.338 e. The Labute approximate surface area is 201 Å². The van der Waals surface area contributed by atoms with Gasteiger partial charge in [-0.15, -0.1) is 0 Å². The van der Waals surface area contributed by atoms with E-state index in [1.54, 1.807) is 55.5 Å². The van der Waals surface area contributed by atoms with E-state index in [0.29, 0.717) is 17.1 Å². The molecule has 3 N–H and O–H groups in total. The predicted molar refractivity (Wildman–Crippen MR) is 124 cm³/mol. The summed E-state index contributed by atoms with van der Waals surface area (Å²) < 4.78 is 10.6. The molecule has 1 aliphatic heterocycles. The maximum Gasteiger partial charge on any atom is 0.338 e. The average molecular weight is 486 g/mol. The van der Waals surface area contributed by atoms with Gasteiger partial charge in [-0.25, -0.2) is 14.4 Å². The molecule has 1 atom stereocenters. The van der Waals surface area contributed by atoms with Crippen molar-refractivity contribution in [1.82, 2.24) is 16.0 Å². The Morgan fingerprint density at radius 1 is 1.00 bits per heavy atom. The lowest BCUT2D eigenvalue weighted by Gasteiger charge is -2.29. The highest BCUT2D eigenvalue weighted by Gasteiger charge is 2.34. The molecule has 0 bridgehead atoms. The second kappa shape index (κ2) is 11.3. The van der Waals surface area contributed by atoms with Crippen LogP contribution in [0, 0.1) is 0 Å². The zero-order valence-corrected chi connectivity index (χ0v) is 19.4. The van der Waals surface area contributed by atoms with Gasteiger partial charge in [-0.1, -0.05) is 35.9 Å².